The molecule has 2 aromatic rings. The van der Waals surface area contributed by atoms with Crippen LogP contribution < -0.4 is 4.74 Å². The maximum absolute atomic E-state index is 10.3. The lowest BCUT2D eigenvalue weighted by molar-refractivity contribution is 0.176. The predicted molar refractivity (Wildman–Crippen MR) is 76.1 cm³/mol. The van der Waals surface area contributed by atoms with Gasteiger partial charge >= 0.3 is 0 Å². The quantitative estimate of drug-likeness (QED) is 0.940. The van der Waals surface area contributed by atoms with E-state index in [1.807, 2.05) is 25.1 Å². The fourth-order valence-electron chi connectivity index (χ4n) is 1.89. The van der Waals surface area contributed by atoms with Crippen LogP contribution in [0.3, 0.4) is 0 Å². The van der Waals surface area contributed by atoms with Gasteiger partial charge in [-0.2, -0.15) is 0 Å². The number of hydrogen-bond donors (Lipinski definition) is 1. The van der Waals surface area contributed by atoms with Crippen molar-refractivity contribution in [2.75, 3.05) is 7.11 Å². The maximum Gasteiger partial charge on any atom is 0.216 e. The maximum atomic E-state index is 10.3. The zero-order valence-corrected chi connectivity index (χ0v) is 12.4. The van der Waals surface area contributed by atoms with Gasteiger partial charge in [0, 0.05) is 17.0 Å². The van der Waals surface area contributed by atoms with Crippen LogP contribution in [0.5, 0.6) is 5.88 Å². The highest BCUT2D eigenvalue weighted by atomic mass is 79.9. The number of ether oxygens (including phenoxy) is 1. The van der Waals surface area contributed by atoms with Gasteiger partial charge in [0.2, 0.25) is 5.88 Å². The molecule has 5 heteroatoms. The second-order valence-electron chi connectivity index (χ2n) is 4.23. The van der Waals surface area contributed by atoms with E-state index < -0.39 is 6.10 Å². The van der Waals surface area contributed by atoms with Crippen LogP contribution in [0.1, 0.15) is 22.9 Å². The number of rotatable bonds is 4. The lowest BCUT2D eigenvalue weighted by Gasteiger charge is -2.14. The molecule has 0 aliphatic heterocycles. The summed E-state index contributed by atoms with van der Waals surface area (Å²) in [6.07, 6.45) is 1.27. The van der Waals surface area contributed by atoms with Gasteiger partial charge in [0.25, 0.3) is 0 Å². The van der Waals surface area contributed by atoms with Crippen LogP contribution in [-0.4, -0.2) is 22.2 Å². The van der Waals surface area contributed by atoms with E-state index in [4.69, 9.17) is 4.74 Å². The average molecular weight is 323 g/mol. The molecular weight excluding hydrogens is 308 g/mol. The zero-order valence-electron chi connectivity index (χ0n) is 10.8. The van der Waals surface area contributed by atoms with E-state index in [0.717, 1.165) is 21.3 Å². The Kier molecular flexibility index (Phi) is 4.50. The summed E-state index contributed by atoms with van der Waals surface area (Å²) >= 11 is 3.47. The number of halogens is 1. The van der Waals surface area contributed by atoms with Gasteiger partial charge in [0.1, 0.15) is 6.33 Å². The molecule has 1 atom stereocenters. The van der Waals surface area contributed by atoms with Gasteiger partial charge in [-0.15, -0.1) is 0 Å². The largest absolute Gasteiger partial charge is 0.481 e. The molecule has 4 nitrogen and oxygen atoms in total. The van der Waals surface area contributed by atoms with E-state index in [1.54, 1.807) is 13.2 Å². The summed E-state index contributed by atoms with van der Waals surface area (Å²) in [5.41, 5.74) is 2.68. The molecule has 0 aliphatic carbocycles. The van der Waals surface area contributed by atoms with Crippen molar-refractivity contribution < 1.29 is 9.84 Å². The van der Waals surface area contributed by atoms with Gasteiger partial charge in [-0.1, -0.05) is 28.1 Å². The van der Waals surface area contributed by atoms with Crippen LogP contribution in [0, 0.1) is 6.92 Å². The lowest BCUT2D eigenvalue weighted by Crippen LogP contribution is -2.06. The third-order valence-corrected chi connectivity index (χ3v) is 3.84. The van der Waals surface area contributed by atoms with Crippen LogP contribution in [0.4, 0.5) is 0 Å². The molecule has 100 valence electrons. The first kappa shape index (κ1) is 14.0. The molecule has 1 heterocycles. The van der Waals surface area contributed by atoms with Crippen LogP contribution >= 0.6 is 15.9 Å². The Hall–Kier alpha value is -1.46. The highest BCUT2D eigenvalue weighted by Gasteiger charge is 2.13. The summed E-state index contributed by atoms with van der Waals surface area (Å²) in [4.78, 5) is 8.09. The third kappa shape index (κ3) is 3.30. The molecule has 19 heavy (non-hydrogen) atoms. The molecule has 0 bridgehead atoms. The van der Waals surface area contributed by atoms with Gasteiger partial charge in [-0.3, -0.25) is 0 Å². The molecule has 0 spiro atoms. The molecule has 0 saturated heterocycles. The first-order chi connectivity index (χ1) is 9.11. The summed E-state index contributed by atoms with van der Waals surface area (Å²) in [5.74, 6) is 0.503. The van der Waals surface area contributed by atoms with Gasteiger partial charge in [-0.05, 0) is 24.1 Å². The Morgan fingerprint density at radius 3 is 2.89 bits per heavy atom. The van der Waals surface area contributed by atoms with Crippen LogP contribution in [0.2, 0.25) is 0 Å². The molecular formula is C14H15BrN2O2. The fourth-order valence-corrected chi connectivity index (χ4v) is 2.27. The number of aliphatic hydroxyl groups is 1. The second kappa shape index (κ2) is 6.12. The molecule has 0 radical (unpaired) electrons. The van der Waals surface area contributed by atoms with Crippen LogP contribution in [0.25, 0.3) is 0 Å². The van der Waals surface area contributed by atoms with Gasteiger partial charge < -0.3 is 9.84 Å². The van der Waals surface area contributed by atoms with Gasteiger partial charge in [-0.25, -0.2) is 9.97 Å². The molecule has 1 aromatic carbocycles. The topological polar surface area (TPSA) is 55.2 Å². The molecule has 0 saturated carbocycles. The van der Waals surface area contributed by atoms with E-state index in [0.29, 0.717) is 12.3 Å². The van der Waals surface area contributed by atoms with Crippen molar-refractivity contribution in [3.8, 4) is 5.88 Å². The molecule has 2 rings (SSSR count). The zero-order chi connectivity index (χ0) is 13.8. The third-order valence-electron chi connectivity index (χ3n) is 2.98. The van der Waals surface area contributed by atoms with Gasteiger partial charge in [0.05, 0.1) is 18.9 Å². The Balaban J connectivity index is 2.20. The number of benzene rings is 1. The van der Waals surface area contributed by atoms with Crippen molar-refractivity contribution in [2.24, 2.45) is 0 Å². The van der Waals surface area contributed by atoms with Crippen molar-refractivity contribution >= 4 is 15.9 Å². The molecule has 1 N–H and O–H groups in total. The summed E-state index contributed by atoms with van der Waals surface area (Å²) in [7, 11) is 1.56. The van der Waals surface area contributed by atoms with E-state index in [2.05, 4.69) is 25.9 Å². The highest BCUT2D eigenvalue weighted by molar-refractivity contribution is 9.10. The minimum absolute atomic E-state index is 0.427. The van der Waals surface area contributed by atoms with Crippen LogP contribution in [-0.2, 0) is 6.42 Å². The minimum atomic E-state index is -0.600. The smallest absolute Gasteiger partial charge is 0.216 e. The monoisotopic (exact) mass is 322 g/mol. The normalized spacial score (nSPS) is 12.2. The molecule has 1 aromatic heterocycles. The Morgan fingerprint density at radius 2 is 2.16 bits per heavy atom. The number of nitrogens with zero attached hydrogens (tertiary/aromatic N) is 2. The number of aromatic nitrogens is 2. The van der Waals surface area contributed by atoms with Crippen molar-refractivity contribution in [1.82, 2.24) is 9.97 Å². The van der Waals surface area contributed by atoms with Crippen molar-refractivity contribution in [2.45, 2.75) is 19.4 Å². The molecule has 0 aliphatic rings. The van der Waals surface area contributed by atoms with E-state index >= 15 is 0 Å². The Morgan fingerprint density at radius 1 is 1.37 bits per heavy atom. The average Bonchev–Trinajstić information content (AvgIpc) is 2.42. The molecule has 1 unspecified atom stereocenters. The molecule has 0 fully saturated rings. The Bertz CT molecular complexity index is 575. The predicted octanol–water partition coefficient (Wildman–Crippen LogP) is 2.83. The second-order valence-corrected chi connectivity index (χ2v) is 5.08. The van der Waals surface area contributed by atoms with E-state index in [1.165, 1.54) is 6.33 Å². The first-order valence-electron chi connectivity index (χ1n) is 5.90. The fraction of sp³-hybridized carbons (Fsp3) is 0.286. The summed E-state index contributed by atoms with van der Waals surface area (Å²) in [5, 5.41) is 10.3. The van der Waals surface area contributed by atoms with Crippen molar-refractivity contribution in [1.29, 1.82) is 0 Å². The number of aliphatic hydroxyl groups excluding tert-OH is 1. The number of hydrogen-bond acceptors (Lipinski definition) is 4. The summed E-state index contributed by atoms with van der Waals surface area (Å²) < 4.78 is 6.03. The summed E-state index contributed by atoms with van der Waals surface area (Å²) in [6, 6.07) is 7.52. The standard InChI is InChI=1S/C14H15BrN2O2/c1-9-11(4-3-5-12(9)15)13(18)6-10-7-14(19-2)17-8-16-10/h3-5,7-8,13,18H,6H2,1-2H3. The summed E-state index contributed by atoms with van der Waals surface area (Å²) in [6.45, 7) is 1.98. The van der Waals surface area contributed by atoms with Crippen molar-refractivity contribution in [3.05, 3.63) is 51.9 Å². The lowest BCUT2D eigenvalue weighted by atomic mass is 10.00. The molecule has 0 amide bonds. The van der Waals surface area contributed by atoms with Crippen LogP contribution in [0.15, 0.2) is 35.1 Å². The van der Waals surface area contributed by atoms with Crippen molar-refractivity contribution in [3.63, 3.8) is 0 Å². The SMILES string of the molecule is COc1cc(CC(O)c2cccc(Br)c2C)ncn1. The minimum Gasteiger partial charge on any atom is -0.481 e. The van der Waals surface area contributed by atoms with E-state index in [-0.39, 0.29) is 0 Å². The van der Waals surface area contributed by atoms with E-state index in [9.17, 15) is 5.11 Å². The Labute approximate surface area is 120 Å². The first-order valence-corrected chi connectivity index (χ1v) is 6.69. The highest BCUT2D eigenvalue weighted by Crippen LogP contribution is 2.26. The van der Waals surface area contributed by atoms with Gasteiger partial charge in [0.15, 0.2) is 0 Å². The number of methoxy groups -OCH3 is 1.